The third-order valence-electron chi connectivity index (χ3n) is 4.95. The van der Waals surface area contributed by atoms with E-state index in [2.05, 4.69) is 10.9 Å². The molecule has 1 aromatic heterocycles. The number of aromatic nitrogens is 1. The van der Waals surface area contributed by atoms with Crippen LogP contribution in [0.15, 0.2) is 77.6 Å². The van der Waals surface area contributed by atoms with Crippen molar-refractivity contribution in [2.75, 3.05) is 13.7 Å². The molecule has 0 spiro atoms. The van der Waals surface area contributed by atoms with Gasteiger partial charge in [0.25, 0.3) is 11.8 Å². The summed E-state index contributed by atoms with van der Waals surface area (Å²) in [5.41, 5.74) is 5.91. The molecule has 0 saturated carbocycles. The van der Waals surface area contributed by atoms with Gasteiger partial charge in [0.15, 0.2) is 23.5 Å². The summed E-state index contributed by atoms with van der Waals surface area (Å²) in [6.07, 6.45) is 0. The second kappa shape index (κ2) is 9.22. The first kappa shape index (κ1) is 20.9. The summed E-state index contributed by atoms with van der Waals surface area (Å²) in [5, 5.41) is 1.04. The number of pyridine rings is 1. The largest absolute Gasteiger partial charge is 0.493 e. The topological polar surface area (TPSA) is 98.7 Å². The first-order valence-corrected chi connectivity index (χ1v) is 9.92. The number of ether oxygens (including phenoxy) is 2. The van der Waals surface area contributed by atoms with Crippen LogP contribution in [0.1, 0.15) is 0 Å². The molecule has 2 N–H and O–H groups in total. The van der Waals surface area contributed by atoms with E-state index in [1.54, 1.807) is 65.2 Å². The normalized spacial score (nSPS) is 10.7. The van der Waals surface area contributed by atoms with E-state index < -0.39 is 11.8 Å². The molecule has 0 fully saturated rings. The number of para-hydroxylation sites is 4. The van der Waals surface area contributed by atoms with Crippen molar-refractivity contribution in [1.82, 2.24) is 15.4 Å². The highest BCUT2D eigenvalue weighted by Gasteiger charge is 2.13. The monoisotopic (exact) mass is 431 g/mol. The minimum atomic E-state index is -0.529. The third kappa shape index (κ3) is 4.24. The lowest BCUT2D eigenvalue weighted by Crippen LogP contribution is -2.45. The van der Waals surface area contributed by atoms with Gasteiger partial charge in [-0.3, -0.25) is 25.2 Å². The number of carbonyl (C=O) groups excluding carboxylic acids is 2. The molecule has 0 radical (unpaired) electrons. The molecule has 1 heterocycles. The SMILES string of the molecule is COc1ccccc1OCC(=O)NNC(=O)Cn1c2ccccc2c(=O)c2ccccc21. The van der Waals surface area contributed by atoms with Crippen molar-refractivity contribution in [3.05, 3.63) is 83.0 Å². The molecule has 0 atom stereocenters. The number of amides is 2. The van der Waals surface area contributed by atoms with Crippen LogP contribution in [-0.4, -0.2) is 30.1 Å². The van der Waals surface area contributed by atoms with Crippen molar-refractivity contribution in [2.45, 2.75) is 6.54 Å². The van der Waals surface area contributed by atoms with Crippen molar-refractivity contribution >= 4 is 33.6 Å². The van der Waals surface area contributed by atoms with E-state index in [-0.39, 0.29) is 18.6 Å². The third-order valence-corrected chi connectivity index (χ3v) is 4.95. The van der Waals surface area contributed by atoms with Crippen LogP contribution in [0.4, 0.5) is 0 Å². The minimum absolute atomic E-state index is 0.0883. The fourth-order valence-electron chi connectivity index (χ4n) is 3.49. The van der Waals surface area contributed by atoms with E-state index in [0.717, 1.165) is 0 Å². The summed E-state index contributed by atoms with van der Waals surface area (Å²) in [4.78, 5) is 37.5. The molecule has 0 saturated heterocycles. The van der Waals surface area contributed by atoms with Crippen molar-refractivity contribution in [3.8, 4) is 11.5 Å². The molecular formula is C24H21N3O5. The highest BCUT2D eigenvalue weighted by atomic mass is 16.5. The first-order chi connectivity index (χ1) is 15.6. The second-order valence-electron chi connectivity index (χ2n) is 6.99. The van der Waals surface area contributed by atoms with Crippen LogP contribution < -0.4 is 25.8 Å². The van der Waals surface area contributed by atoms with E-state index in [9.17, 15) is 14.4 Å². The Labute approximate surface area is 183 Å². The van der Waals surface area contributed by atoms with Crippen LogP contribution in [0, 0.1) is 0 Å². The predicted molar refractivity (Wildman–Crippen MR) is 120 cm³/mol. The average molecular weight is 431 g/mol. The molecule has 0 aliphatic carbocycles. The molecule has 162 valence electrons. The van der Waals surface area contributed by atoms with Crippen LogP contribution in [0.25, 0.3) is 21.8 Å². The number of hydrogen-bond acceptors (Lipinski definition) is 5. The van der Waals surface area contributed by atoms with Gasteiger partial charge in [-0.25, -0.2) is 0 Å². The van der Waals surface area contributed by atoms with Crippen LogP contribution in [0.2, 0.25) is 0 Å². The Balaban J connectivity index is 1.46. The molecule has 0 aliphatic rings. The molecule has 32 heavy (non-hydrogen) atoms. The lowest BCUT2D eigenvalue weighted by molar-refractivity contribution is -0.130. The Bertz CT molecular complexity index is 1300. The molecular weight excluding hydrogens is 410 g/mol. The van der Waals surface area contributed by atoms with E-state index >= 15 is 0 Å². The van der Waals surface area contributed by atoms with E-state index in [1.807, 2.05) is 12.1 Å². The number of carbonyl (C=O) groups is 2. The number of rotatable bonds is 6. The quantitative estimate of drug-likeness (QED) is 0.361. The maximum Gasteiger partial charge on any atom is 0.276 e. The van der Waals surface area contributed by atoms with Gasteiger partial charge in [-0.2, -0.15) is 0 Å². The zero-order valence-electron chi connectivity index (χ0n) is 17.3. The Kier molecular flexibility index (Phi) is 6.03. The Hall–Kier alpha value is -4.33. The maximum atomic E-state index is 12.8. The molecule has 2 amide bonds. The fourth-order valence-corrected chi connectivity index (χ4v) is 3.49. The van der Waals surface area contributed by atoms with Gasteiger partial charge < -0.3 is 14.0 Å². The molecule has 8 nitrogen and oxygen atoms in total. The van der Waals surface area contributed by atoms with Crippen LogP contribution in [0.5, 0.6) is 11.5 Å². The molecule has 0 aliphatic heterocycles. The smallest absolute Gasteiger partial charge is 0.276 e. The molecule has 4 aromatic rings. The molecule has 8 heteroatoms. The minimum Gasteiger partial charge on any atom is -0.493 e. The summed E-state index contributed by atoms with van der Waals surface area (Å²) < 4.78 is 12.4. The van der Waals surface area contributed by atoms with E-state index in [1.165, 1.54) is 7.11 Å². The van der Waals surface area contributed by atoms with Gasteiger partial charge in [0.1, 0.15) is 6.54 Å². The van der Waals surface area contributed by atoms with E-state index in [4.69, 9.17) is 9.47 Å². The van der Waals surface area contributed by atoms with Crippen molar-refractivity contribution in [2.24, 2.45) is 0 Å². The fraction of sp³-hybridized carbons (Fsp3) is 0.125. The maximum absolute atomic E-state index is 12.8. The summed E-state index contributed by atoms with van der Waals surface area (Å²) in [5.74, 6) is -0.0579. The van der Waals surface area contributed by atoms with Crippen molar-refractivity contribution < 1.29 is 19.1 Å². The number of methoxy groups -OCH3 is 1. The highest BCUT2D eigenvalue weighted by molar-refractivity contribution is 5.95. The molecule has 3 aromatic carbocycles. The Morgan fingerprint density at radius 1 is 0.781 bits per heavy atom. The lowest BCUT2D eigenvalue weighted by atomic mass is 10.1. The van der Waals surface area contributed by atoms with Gasteiger partial charge in [0, 0.05) is 10.8 Å². The number of hydrogen-bond donors (Lipinski definition) is 2. The summed E-state index contributed by atoms with van der Waals surface area (Å²) in [6, 6.07) is 21.2. The summed E-state index contributed by atoms with van der Waals surface area (Å²) >= 11 is 0. The second-order valence-corrected chi connectivity index (χ2v) is 6.99. The summed E-state index contributed by atoms with van der Waals surface area (Å²) in [7, 11) is 1.51. The van der Waals surface area contributed by atoms with Crippen molar-refractivity contribution in [3.63, 3.8) is 0 Å². The number of nitrogens with zero attached hydrogens (tertiary/aromatic N) is 1. The first-order valence-electron chi connectivity index (χ1n) is 9.92. The van der Waals surface area contributed by atoms with Crippen molar-refractivity contribution in [1.29, 1.82) is 0 Å². The number of benzene rings is 3. The van der Waals surface area contributed by atoms with E-state index in [0.29, 0.717) is 33.3 Å². The average Bonchev–Trinajstić information content (AvgIpc) is 2.84. The van der Waals surface area contributed by atoms with Crippen LogP contribution >= 0.6 is 0 Å². The number of fused-ring (bicyclic) bond motifs is 2. The van der Waals surface area contributed by atoms with Gasteiger partial charge in [-0.05, 0) is 36.4 Å². The number of hydrazine groups is 1. The zero-order valence-corrected chi connectivity index (χ0v) is 17.3. The Morgan fingerprint density at radius 2 is 1.31 bits per heavy atom. The van der Waals surface area contributed by atoms with Gasteiger partial charge in [0.2, 0.25) is 0 Å². The molecule has 4 rings (SSSR count). The molecule has 0 unspecified atom stereocenters. The number of nitrogens with one attached hydrogen (secondary N) is 2. The van der Waals surface area contributed by atoms with Crippen LogP contribution in [0.3, 0.4) is 0 Å². The lowest BCUT2D eigenvalue weighted by Gasteiger charge is -2.15. The Morgan fingerprint density at radius 3 is 1.94 bits per heavy atom. The predicted octanol–water partition coefficient (Wildman–Crippen LogP) is 2.39. The molecule has 0 bridgehead atoms. The highest BCUT2D eigenvalue weighted by Crippen LogP contribution is 2.25. The standard InChI is InChI=1S/C24H21N3O5/c1-31-20-12-6-7-13-21(20)32-15-23(29)26-25-22(28)14-27-18-10-4-2-8-16(18)24(30)17-9-3-5-11-19(17)27/h2-13H,14-15H2,1H3,(H,25,28)(H,26,29). The summed E-state index contributed by atoms with van der Waals surface area (Å²) in [6.45, 7) is -0.389. The van der Waals surface area contributed by atoms with Gasteiger partial charge in [0.05, 0.1) is 18.1 Å². The van der Waals surface area contributed by atoms with Gasteiger partial charge in [-0.1, -0.05) is 36.4 Å². The van der Waals surface area contributed by atoms with Crippen LogP contribution in [-0.2, 0) is 16.1 Å². The van der Waals surface area contributed by atoms with Gasteiger partial charge in [-0.15, -0.1) is 0 Å². The zero-order chi connectivity index (χ0) is 22.5. The van der Waals surface area contributed by atoms with Gasteiger partial charge >= 0.3 is 0 Å².